The van der Waals surface area contributed by atoms with Gasteiger partial charge in [-0.3, -0.25) is 0 Å². The molecule has 2 aromatic rings. The Bertz CT molecular complexity index is 591. The van der Waals surface area contributed by atoms with Crippen LogP contribution in [-0.4, -0.2) is 6.54 Å². The number of hydrogen-bond acceptors (Lipinski definition) is 2. The van der Waals surface area contributed by atoms with Gasteiger partial charge in [0, 0.05) is 0 Å². The van der Waals surface area contributed by atoms with Gasteiger partial charge in [0.2, 0.25) is 0 Å². The van der Waals surface area contributed by atoms with Crippen LogP contribution in [0.15, 0.2) is 48.5 Å². The number of ether oxygens (including phenoxy) is 1. The molecule has 2 rings (SSSR count). The van der Waals surface area contributed by atoms with E-state index in [0.717, 1.165) is 16.9 Å². The molecule has 0 aromatic heterocycles. The second-order valence-electron chi connectivity index (χ2n) is 4.28. The molecule has 2 nitrogen and oxygen atoms in total. The second-order valence-corrected chi connectivity index (χ2v) is 4.28. The zero-order chi connectivity index (χ0) is 13.5. The Morgan fingerprint density at radius 2 is 1.79 bits per heavy atom. The number of para-hydroxylation sites is 1. The highest BCUT2D eigenvalue weighted by atomic mass is 16.5. The molecule has 0 saturated carbocycles. The van der Waals surface area contributed by atoms with Crippen LogP contribution < -0.4 is 10.5 Å². The number of aryl methyl sites for hydroxylation is 1. The Morgan fingerprint density at radius 1 is 1.05 bits per heavy atom. The molecule has 0 atom stereocenters. The first kappa shape index (κ1) is 13.2. The van der Waals surface area contributed by atoms with E-state index in [1.165, 1.54) is 5.56 Å². The Balaban J connectivity index is 2.09. The van der Waals surface area contributed by atoms with Crippen LogP contribution in [0.25, 0.3) is 0 Å². The summed E-state index contributed by atoms with van der Waals surface area (Å²) in [5, 5.41) is 0. The third-order valence-electron chi connectivity index (χ3n) is 2.73. The number of rotatable bonds is 3. The van der Waals surface area contributed by atoms with E-state index in [4.69, 9.17) is 10.5 Å². The maximum atomic E-state index is 5.82. The molecule has 2 aromatic carbocycles. The molecule has 96 valence electrons. The van der Waals surface area contributed by atoms with E-state index in [9.17, 15) is 0 Å². The summed E-state index contributed by atoms with van der Waals surface area (Å²) in [4.78, 5) is 0. The molecule has 0 spiro atoms. The Morgan fingerprint density at radius 3 is 2.53 bits per heavy atom. The molecule has 2 heteroatoms. The Hall–Kier alpha value is -2.24. The SMILES string of the molecule is Cc1ccc(COc2ccccc2C#CCN)cc1. The van der Waals surface area contributed by atoms with Gasteiger partial charge >= 0.3 is 0 Å². The lowest BCUT2D eigenvalue weighted by molar-refractivity contribution is 0.305. The van der Waals surface area contributed by atoms with Crippen molar-refractivity contribution in [2.24, 2.45) is 5.73 Å². The van der Waals surface area contributed by atoms with Crippen LogP contribution in [0, 0.1) is 18.8 Å². The number of benzene rings is 2. The second kappa shape index (κ2) is 6.63. The van der Waals surface area contributed by atoms with Crippen molar-refractivity contribution in [1.29, 1.82) is 0 Å². The predicted molar refractivity (Wildman–Crippen MR) is 77.9 cm³/mol. The van der Waals surface area contributed by atoms with E-state index in [1.54, 1.807) is 0 Å². The van der Waals surface area contributed by atoms with Crippen molar-refractivity contribution in [2.75, 3.05) is 6.54 Å². The lowest BCUT2D eigenvalue weighted by atomic mass is 10.1. The normalized spacial score (nSPS) is 9.58. The first-order valence-corrected chi connectivity index (χ1v) is 6.26. The average Bonchev–Trinajstić information content (AvgIpc) is 2.45. The summed E-state index contributed by atoms with van der Waals surface area (Å²) in [5.41, 5.74) is 8.66. The third kappa shape index (κ3) is 3.87. The van der Waals surface area contributed by atoms with Gasteiger partial charge in [-0.15, -0.1) is 0 Å². The van der Waals surface area contributed by atoms with Crippen LogP contribution in [0.2, 0.25) is 0 Å². The summed E-state index contributed by atoms with van der Waals surface area (Å²) in [6, 6.07) is 16.1. The summed E-state index contributed by atoms with van der Waals surface area (Å²) in [7, 11) is 0. The maximum Gasteiger partial charge on any atom is 0.135 e. The fraction of sp³-hybridized carbons (Fsp3) is 0.176. The standard InChI is InChI=1S/C17H17NO/c1-14-8-10-15(11-9-14)13-19-17-7-3-2-5-16(17)6-4-12-18/h2-3,5,7-11H,12-13,18H2,1H3. The van der Waals surface area contributed by atoms with Gasteiger partial charge in [-0.25, -0.2) is 0 Å². The zero-order valence-corrected chi connectivity index (χ0v) is 11.0. The minimum Gasteiger partial charge on any atom is -0.488 e. The van der Waals surface area contributed by atoms with E-state index in [1.807, 2.05) is 24.3 Å². The quantitative estimate of drug-likeness (QED) is 0.851. The van der Waals surface area contributed by atoms with Gasteiger partial charge in [0.1, 0.15) is 12.4 Å². The van der Waals surface area contributed by atoms with Crippen LogP contribution in [0.1, 0.15) is 16.7 Å². The van der Waals surface area contributed by atoms with E-state index >= 15 is 0 Å². The van der Waals surface area contributed by atoms with Crippen molar-refractivity contribution in [3.05, 3.63) is 65.2 Å². The molecule has 0 unspecified atom stereocenters. The molecule has 0 aliphatic rings. The van der Waals surface area contributed by atoms with Crippen molar-refractivity contribution < 1.29 is 4.74 Å². The third-order valence-corrected chi connectivity index (χ3v) is 2.73. The molecule has 0 aliphatic heterocycles. The molecular formula is C17H17NO. The Labute approximate surface area is 114 Å². The highest BCUT2D eigenvalue weighted by Gasteiger charge is 2.00. The summed E-state index contributed by atoms with van der Waals surface area (Å²) >= 11 is 0. The molecule has 0 amide bonds. The maximum absolute atomic E-state index is 5.82. The van der Waals surface area contributed by atoms with Gasteiger partial charge in [-0.05, 0) is 24.6 Å². The average molecular weight is 251 g/mol. The lowest BCUT2D eigenvalue weighted by Gasteiger charge is -2.08. The van der Waals surface area contributed by atoms with Gasteiger partial charge < -0.3 is 10.5 Å². The first-order chi connectivity index (χ1) is 9.29. The smallest absolute Gasteiger partial charge is 0.135 e. The van der Waals surface area contributed by atoms with Gasteiger partial charge in [0.05, 0.1) is 12.1 Å². The topological polar surface area (TPSA) is 35.2 Å². The van der Waals surface area contributed by atoms with E-state index < -0.39 is 0 Å². The first-order valence-electron chi connectivity index (χ1n) is 6.26. The number of hydrogen-bond donors (Lipinski definition) is 1. The molecular weight excluding hydrogens is 234 g/mol. The minimum atomic E-state index is 0.353. The van der Waals surface area contributed by atoms with E-state index in [0.29, 0.717) is 13.2 Å². The fourth-order valence-electron chi connectivity index (χ4n) is 1.69. The molecule has 2 N–H and O–H groups in total. The zero-order valence-electron chi connectivity index (χ0n) is 11.0. The summed E-state index contributed by atoms with van der Waals surface area (Å²) in [6.45, 7) is 2.97. The molecule has 0 bridgehead atoms. The molecule has 0 radical (unpaired) electrons. The minimum absolute atomic E-state index is 0.353. The monoisotopic (exact) mass is 251 g/mol. The molecule has 0 fully saturated rings. The number of nitrogens with two attached hydrogens (primary N) is 1. The summed E-state index contributed by atoms with van der Waals surface area (Å²) in [6.07, 6.45) is 0. The summed E-state index contributed by atoms with van der Waals surface area (Å²) < 4.78 is 5.82. The van der Waals surface area contributed by atoms with Gasteiger partial charge in [0.25, 0.3) is 0 Å². The van der Waals surface area contributed by atoms with Crippen molar-refractivity contribution in [2.45, 2.75) is 13.5 Å². The molecule has 0 heterocycles. The van der Waals surface area contributed by atoms with Gasteiger partial charge in [0.15, 0.2) is 0 Å². The van der Waals surface area contributed by atoms with Crippen LogP contribution >= 0.6 is 0 Å². The van der Waals surface area contributed by atoms with Crippen LogP contribution in [0.3, 0.4) is 0 Å². The summed E-state index contributed by atoms with van der Waals surface area (Å²) in [5.74, 6) is 6.66. The van der Waals surface area contributed by atoms with Crippen LogP contribution in [0.4, 0.5) is 0 Å². The Kier molecular flexibility index (Phi) is 4.60. The largest absolute Gasteiger partial charge is 0.488 e. The highest BCUT2D eigenvalue weighted by Crippen LogP contribution is 2.18. The lowest BCUT2D eigenvalue weighted by Crippen LogP contribution is -1.98. The van der Waals surface area contributed by atoms with Crippen LogP contribution in [0.5, 0.6) is 5.75 Å². The molecule has 0 saturated heterocycles. The van der Waals surface area contributed by atoms with Crippen molar-refractivity contribution in [1.82, 2.24) is 0 Å². The fourth-order valence-corrected chi connectivity index (χ4v) is 1.69. The van der Waals surface area contributed by atoms with Crippen molar-refractivity contribution in [3.8, 4) is 17.6 Å². The van der Waals surface area contributed by atoms with E-state index in [-0.39, 0.29) is 0 Å². The van der Waals surface area contributed by atoms with Crippen LogP contribution in [-0.2, 0) is 6.61 Å². The van der Waals surface area contributed by atoms with Crippen molar-refractivity contribution in [3.63, 3.8) is 0 Å². The van der Waals surface area contributed by atoms with Crippen molar-refractivity contribution >= 4 is 0 Å². The predicted octanol–water partition coefficient (Wildman–Crippen LogP) is 2.88. The van der Waals surface area contributed by atoms with E-state index in [2.05, 4.69) is 43.0 Å². The highest BCUT2D eigenvalue weighted by molar-refractivity contribution is 5.46. The van der Waals surface area contributed by atoms with Gasteiger partial charge in [-0.2, -0.15) is 0 Å². The van der Waals surface area contributed by atoms with Gasteiger partial charge in [-0.1, -0.05) is 53.8 Å². The molecule has 19 heavy (non-hydrogen) atoms. The molecule has 0 aliphatic carbocycles.